The van der Waals surface area contributed by atoms with Crippen molar-refractivity contribution in [1.82, 2.24) is 15.6 Å². The number of halogens is 2. The molecule has 2 amide bonds. The zero-order valence-corrected chi connectivity index (χ0v) is 20.2. The number of aliphatic hydroxyl groups excluding tert-OH is 1. The molecule has 8 nitrogen and oxygen atoms in total. The van der Waals surface area contributed by atoms with E-state index in [0.717, 1.165) is 5.57 Å². The number of carbonyl (C=O) groups is 2. The monoisotopic (exact) mass is 505 g/mol. The lowest BCUT2D eigenvalue weighted by Crippen LogP contribution is -2.61. The quantitative estimate of drug-likeness (QED) is 0.505. The van der Waals surface area contributed by atoms with Crippen molar-refractivity contribution < 1.29 is 24.2 Å². The highest BCUT2D eigenvalue weighted by atomic mass is 35.5. The Morgan fingerprint density at radius 1 is 1.18 bits per heavy atom. The average Bonchev–Trinajstić information content (AvgIpc) is 2.75. The predicted octanol–water partition coefficient (Wildman–Crippen LogP) is 3.65. The number of pyridine rings is 1. The molecule has 1 aromatic heterocycles. The maximum Gasteiger partial charge on any atom is 0.270 e. The lowest BCUT2D eigenvalue weighted by Gasteiger charge is -2.51. The van der Waals surface area contributed by atoms with Gasteiger partial charge >= 0.3 is 0 Å². The van der Waals surface area contributed by atoms with E-state index in [1.165, 1.54) is 12.3 Å². The average molecular weight is 506 g/mol. The number of aliphatic hydroxyl groups is 1. The van der Waals surface area contributed by atoms with Gasteiger partial charge < -0.3 is 25.2 Å². The van der Waals surface area contributed by atoms with E-state index in [0.29, 0.717) is 46.5 Å². The summed E-state index contributed by atoms with van der Waals surface area (Å²) >= 11 is 11.8. The van der Waals surface area contributed by atoms with Crippen molar-refractivity contribution in [3.63, 3.8) is 0 Å². The summed E-state index contributed by atoms with van der Waals surface area (Å²) in [5.41, 5.74) is 1.10. The molecule has 0 radical (unpaired) electrons. The van der Waals surface area contributed by atoms with E-state index >= 15 is 0 Å². The zero-order chi connectivity index (χ0) is 24.5. The summed E-state index contributed by atoms with van der Waals surface area (Å²) in [6, 6.07) is 8.03. The zero-order valence-electron chi connectivity index (χ0n) is 18.7. The lowest BCUT2D eigenvalue weighted by atomic mass is 9.63. The molecule has 1 fully saturated rings. The number of hydrogen-bond donors (Lipinski definition) is 3. The second kappa shape index (κ2) is 9.82. The van der Waals surface area contributed by atoms with Crippen LogP contribution in [0.25, 0.3) is 0 Å². The van der Waals surface area contributed by atoms with Gasteiger partial charge in [0, 0.05) is 18.2 Å². The summed E-state index contributed by atoms with van der Waals surface area (Å²) in [4.78, 5) is 29.2. The maximum absolute atomic E-state index is 12.7. The fourth-order valence-electron chi connectivity index (χ4n) is 4.18. The van der Waals surface area contributed by atoms with Crippen LogP contribution >= 0.6 is 23.2 Å². The molecule has 0 spiro atoms. The van der Waals surface area contributed by atoms with Crippen molar-refractivity contribution in [3.05, 3.63) is 63.5 Å². The van der Waals surface area contributed by atoms with E-state index in [2.05, 4.69) is 15.6 Å². The largest absolute Gasteiger partial charge is 0.489 e. The highest BCUT2D eigenvalue weighted by Crippen LogP contribution is 2.48. The van der Waals surface area contributed by atoms with E-state index in [-0.39, 0.29) is 24.3 Å². The number of nitrogens with one attached hydrogen (secondary N) is 2. The second-order valence-electron chi connectivity index (χ2n) is 8.78. The summed E-state index contributed by atoms with van der Waals surface area (Å²) in [7, 11) is 0. The molecule has 1 aromatic carbocycles. The molecule has 1 atom stereocenters. The number of carbonyl (C=O) groups excluding carboxylic acids is 2. The molecule has 0 saturated heterocycles. The fourth-order valence-corrected chi connectivity index (χ4v) is 4.47. The molecule has 3 aliphatic carbocycles. The number of aromatic nitrogens is 1. The molecule has 180 valence electrons. The van der Waals surface area contributed by atoms with E-state index in [1.54, 1.807) is 24.3 Å². The molecule has 2 bridgehead atoms. The molecule has 2 aromatic rings. The first-order valence-corrected chi connectivity index (χ1v) is 11.6. The Bertz CT molecular complexity index is 1130. The van der Waals surface area contributed by atoms with Gasteiger partial charge in [0.1, 0.15) is 17.2 Å². The van der Waals surface area contributed by atoms with Crippen LogP contribution in [0.1, 0.15) is 43.6 Å². The first-order chi connectivity index (χ1) is 16.1. The smallest absolute Gasteiger partial charge is 0.270 e. The minimum absolute atomic E-state index is 0.0152. The third kappa shape index (κ3) is 5.46. The van der Waals surface area contributed by atoms with Gasteiger partial charge in [-0.2, -0.15) is 0 Å². The van der Waals surface area contributed by atoms with Gasteiger partial charge in [0.15, 0.2) is 6.61 Å². The van der Waals surface area contributed by atoms with Gasteiger partial charge in [-0.05, 0) is 56.5 Å². The van der Waals surface area contributed by atoms with E-state index in [1.807, 2.05) is 13.8 Å². The Morgan fingerprint density at radius 3 is 2.53 bits per heavy atom. The molecule has 0 aliphatic heterocycles. The molecule has 3 aliphatic rings. The van der Waals surface area contributed by atoms with Gasteiger partial charge in [-0.3, -0.25) is 9.59 Å². The van der Waals surface area contributed by atoms with Crippen LogP contribution in [-0.4, -0.2) is 46.3 Å². The van der Waals surface area contributed by atoms with Crippen LogP contribution < -0.4 is 20.1 Å². The van der Waals surface area contributed by atoms with Crippen LogP contribution in [-0.2, 0) is 4.79 Å². The Labute approximate surface area is 207 Å². The van der Waals surface area contributed by atoms with Crippen LogP contribution in [0.5, 0.6) is 11.5 Å². The van der Waals surface area contributed by atoms with Crippen LogP contribution in [0.2, 0.25) is 10.0 Å². The number of rotatable bonds is 8. The van der Waals surface area contributed by atoms with Crippen molar-refractivity contribution in [3.8, 4) is 11.5 Å². The number of hydrogen-bond acceptors (Lipinski definition) is 6. The second-order valence-corrected chi connectivity index (χ2v) is 9.60. The third-order valence-corrected chi connectivity index (χ3v) is 6.40. The number of amides is 2. The fraction of sp³-hybridized carbons (Fsp3) is 0.375. The first kappa shape index (κ1) is 24.3. The summed E-state index contributed by atoms with van der Waals surface area (Å²) in [6.07, 6.45) is 2.02. The van der Waals surface area contributed by atoms with Crippen LogP contribution in [0, 0.1) is 0 Å². The van der Waals surface area contributed by atoms with Crippen molar-refractivity contribution in [2.75, 3.05) is 6.61 Å². The Hall–Kier alpha value is -2.81. The molecular weight excluding hydrogens is 481 g/mol. The van der Waals surface area contributed by atoms with Gasteiger partial charge in [0.05, 0.1) is 34.0 Å². The van der Waals surface area contributed by atoms with Crippen molar-refractivity contribution in [1.29, 1.82) is 0 Å². The lowest BCUT2D eigenvalue weighted by molar-refractivity contribution is -0.123. The Kier molecular flexibility index (Phi) is 7.02. The van der Waals surface area contributed by atoms with Gasteiger partial charge in [-0.15, -0.1) is 0 Å². The summed E-state index contributed by atoms with van der Waals surface area (Å²) in [5, 5.41) is 17.1. The number of ether oxygens (including phenoxy) is 2. The molecule has 3 N–H and O–H groups in total. The Balaban J connectivity index is 1.32. The number of nitrogens with zero attached hydrogens (tertiary/aromatic N) is 1. The van der Waals surface area contributed by atoms with Gasteiger partial charge in [0.2, 0.25) is 0 Å². The highest BCUT2D eigenvalue weighted by molar-refractivity contribution is 6.42. The third-order valence-electron chi connectivity index (χ3n) is 5.66. The van der Waals surface area contributed by atoms with Crippen LogP contribution in [0.15, 0.2) is 47.8 Å². The van der Waals surface area contributed by atoms with Gasteiger partial charge in [-0.1, -0.05) is 23.2 Å². The molecule has 34 heavy (non-hydrogen) atoms. The molecule has 5 rings (SSSR count). The summed E-state index contributed by atoms with van der Waals surface area (Å²) < 4.78 is 11.0. The van der Waals surface area contributed by atoms with E-state index in [4.69, 9.17) is 32.7 Å². The number of fused-ring (bicyclic) bond motifs is 2. The van der Waals surface area contributed by atoms with Gasteiger partial charge in [-0.25, -0.2) is 4.98 Å². The molecule has 1 saturated carbocycles. The minimum atomic E-state index is -0.901. The van der Waals surface area contributed by atoms with Crippen LogP contribution in [0.4, 0.5) is 0 Å². The van der Waals surface area contributed by atoms with Gasteiger partial charge in [0.25, 0.3) is 11.8 Å². The maximum atomic E-state index is 12.7. The van der Waals surface area contributed by atoms with Crippen molar-refractivity contribution in [2.45, 2.75) is 50.9 Å². The summed E-state index contributed by atoms with van der Waals surface area (Å²) in [5.74, 6) is 0.290. The predicted molar refractivity (Wildman–Crippen MR) is 127 cm³/mol. The van der Waals surface area contributed by atoms with Crippen LogP contribution in [0.3, 0.4) is 0 Å². The number of benzene rings is 1. The van der Waals surface area contributed by atoms with E-state index in [9.17, 15) is 14.7 Å². The highest BCUT2D eigenvalue weighted by Gasteiger charge is 2.50. The standard InChI is InChI=1S/C24H25Cl2N3O5/c1-13(2)34-16-4-6-19(27-11-16)23(32)29-24-8-14(9-24)22(20(30)10-24)28-21(31)12-33-15-3-5-17(25)18(26)7-15/h3-7,11,13,20,30H,8-10,12H2,1-2H3,(H,28,31)(H,29,32)/t20-/m0/s1. The minimum Gasteiger partial charge on any atom is -0.489 e. The Morgan fingerprint density at radius 2 is 1.91 bits per heavy atom. The molecule has 10 heteroatoms. The van der Waals surface area contributed by atoms with E-state index < -0.39 is 17.6 Å². The topological polar surface area (TPSA) is 110 Å². The summed E-state index contributed by atoms with van der Waals surface area (Å²) in [6.45, 7) is 3.58. The SMILES string of the molecule is CC(C)Oc1ccc(C(=O)NC23CC(=C(NC(=O)COc4ccc(Cl)c(Cl)c4)[C@@H](O)C2)C3)nc1. The van der Waals surface area contributed by atoms with Crippen molar-refractivity contribution in [2.24, 2.45) is 0 Å². The molecular formula is C24H25Cl2N3O5. The van der Waals surface area contributed by atoms with Crippen molar-refractivity contribution >= 4 is 35.0 Å². The normalized spacial score (nSPS) is 21.1. The molecule has 1 heterocycles. The first-order valence-electron chi connectivity index (χ1n) is 10.9. The molecule has 0 unspecified atom stereocenters.